The van der Waals surface area contributed by atoms with Gasteiger partial charge in [-0.2, -0.15) is 5.10 Å². The first kappa shape index (κ1) is 16.1. The summed E-state index contributed by atoms with van der Waals surface area (Å²) in [4.78, 5) is 15.5. The minimum Gasteiger partial charge on any atom is -0.267 e. The van der Waals surface area contributed by atoms with Crippen LogP contribution in [0.3, 0.4) is 0 Å². The van der Waals surface area contributed by atoms with Gasteiger partial charge in [0.1, 0.15) is 4.90 Å². The molecule has 0 saturated carbocycles. The van der Waals surface area contributed by atoms with Crippen LogP contribution in [0, 0.1) is 0 Å². The van der Waals surface area contributed by atoms with E-state index in [4.69, 9.17) is 16.7 Å². The number of primary sulfonamides is 1. The van der Waals surface area contributed by atoms with Gasteiger partial charge in [-0.05, 0) is 24.3 Å². The second kappa shape index (κ2) is 6.65. The Balaban J connectivity index is 2.15. The highest BCUT2D eigenvalue weighted by Crippen LogP contribution is 2.21. The Labute approximate surface area is 131 Å². The van der Waals surface area contributed by atoms with Crippen LogP contribution in [-0.4, -0.2) is 25.5 Å². The lowest BCUT2D eigenvalue weighted by molar-refractivity contribution is 0.0955. The molecule has 0 aliphatic heterocycles. The molecule has 1 aromatic heterocycles. The Morgan fingerprint density at radius 3 is 2.77 bits per heavy atom. The van der Waals surface area contributed by atoms with Crippen LogP contribution in [0.2, 0.25) is 5.02 Å². The smallest absolute Gasteiger partial charge is 0.267 e. The van der Waals surface area contributed by atoms with Gasteiger partial charge in [0.05, 0.1) is 11.2 Å². The molecule has 0 fully saturated rings. The van der Waals surface area contributed by atoms with E-state index in [9.17, 15) is 13.2 Å². The van der Waals surface area contributed by atoms with E-state index < -0.39 is 15.9 Å². The number of hydrazone groups is 1. The van der Waals surface area contributed by atoms with E-state index in [1.807, 2.05) is 0 Å². The van der Waals surface area contributed by atoms with Crippen molar-refractivity contribution in [2.45, 2.75) is 4.90 Å². The van der Waals surface area contributed by atoms with E-state index in [2.05, 4.69) is 15.5 Å². The fourth-order valence-corrected chi connectivity index (χ4v) is 2.62. The largest absolute Gasteiger partial charge is 0.271 e. The number of aromatic nitrogens is 1. The molecule has 0 aliphatic carbocycles. The molecule has 7 nitrogen and oxygen atoms in total. The lowest BCUT2D eigenvalue weighted by Crippen LogP contribution is -2.19. The Bertz CT molecular complexity index is 822. The zero-order valence-corrected chi connectivity index (χ0v) is 12.7. The van der Waals surface area contributed by atoms with Crippen molar-refractivity contribution < 1.29 is 13.2 Å². The Morgan fingerprint density at radius 2 is 2.14 bits per heavy atom. The maximum Gasteiger partial charge on any atom is 0.271 e. The van der Waals surface area contributed by atoms with Crippen LogP contribution in [0.4, 0.5) is 0 Å². The Morgan fingerprint density at radius 1 is 1.36 bits per heavy atom. The van der Waals surface area contributed by atoms with Crippen molar-refractivity contribution in [1.29, 1.82) is 0 Å². The molecule has 1 heterocycles. The zero-order valence-electron chi connectivity index (χ0n) is 11.1. The van der Waals surface area contributed by atoms with E-state index in [0.717, 1.165) is 6.07 Å². The number of carbonyl (C=O) groups is 1. The van der Waals surface area contributed by atoms with Crippen molar-refractivity contribution in [2.75, 3.05) is 0 Å². The van der Waals surface area contributed by atoms with E-state index >= 15 is 0 Å². The van der Waals surface area contributed by atoms with Crippen LogP contribution >= 0.6 is 11.6 Å². The molecule has 0 unspecified atom stereocenters. The third-order valence-corrected chi connectivity index (χ3v) is 3.96. The number of halogens is 1. The molecule has 0 atom stereocenters. The van der Waals surface area contributed by atoms with Crippen molar-refractivity contribution in [2.24, 2.45) is 10.2 Å². The van der Waals surface area contributed by atoms with Crippen LogP contribution in [0.1, 0.15) is 15.9 Å². The third-order valence-electron chi connectivity index (χ3n) is 2.56. The van der Waals surface area contributed by atoms with Gasteiger partial charge in [-0.15, -0.1) is 0 Å². The molecule has 9 heteroatoms. The predicted molar refractivity (Wildman–Crippen MR) is 82.1 cm³/mol. The minimum atomic E-state index is -4.01. The van der Waals surface area contributed by atoms with Crippen LogP contribution in [0.15, 0.2) is 52.7 Å². The van der Waals surface area contributed by atoms with Crippen LogP contribution < -0.4 is 10.6 Å². The van der Waals surface area contributed by atoms with Gasteiger partial charge in [0.25, 0.3) is 5.91 Å². The summed E-state index contributed by atoms with van der Waals surface area (Å²) in [5.74, 6) is -0.596. The maximum atomic E-state index is 11.9. The lowest BCUT2D eigenvalue weighted by atomic mass is 10.2. The number of carbonyl (C=O) groups excluding carboxylic acids is 1. The molecule has 114 valence electrons. The molecule has 0 aliphatic rings. The standard InChI is InChI=1S/C13H11ClN4O3S/c14-11-4-3-10(6-12(11)22(15,20)21)13(19)18-17-8-9-2-1-5-16-7-9/h1-8H,(H,18,19)(H2,15,20,21)/b17-8-. The first-order chi connectivity index (χ1) is 10.4. The number of hydrogen-bond acceptors (Lipinski definition) is 5. The number of hydrogen-bond donors (Lipinski definition) is 2. The fourth-order valence-electron chi connectivity index (χ4n) is 1.54. The molecule has 0 radical (unpaired) electrons. The second-order valence-corrected chi connectivity index (χ2v) is 6.11. The number of amides is 1. The maximum absolute atomic E-state index is 11.9. The van der Waals surface area contributed by atoms with E-state index in [1.165, 1.54) is 18.3 Å². The number of pyridine rings is 1. The molecule has 1 aromatic carbocycles. The van der Waals surface area contributed by atoms with Crippen molar-refractivity contribution in [1.82, 2.24) is 10.4 Å². The number of nitrogens with one attached hydrogen (secondary N) is 1. The van der Waals surface area contributed by atoms with Crippen molar-refractivity contribution in [3.63, 3.8) is 0 Å². The monoisotopic (exact) mass is 338 g/mol. The van der Waals surface area contributed by atoms with Gasteiger partial charge >= 0.3 is 0 Å². The number of benzene rings is 1. The molecule has 3 N–H and O–H groups in total. The van der Waals surface area contributed by atoms with Gasteiger partial charge in [-0.1, -0.05) is 17.7 Å². The van der Waals surface area contributed by atoms with Gasteiger partial charge < -0.3 is 0 Å². The van der Waals surface area contributed by atoms with Crippen LogP contribution in [0.25, 0.3) is 0 Å². The van der Waals surface area contributed by atoms with E-state index in [-0.39, 0.29) is 15.5 Å². The number of rotatable bonds is 4. The topological polar surface area (TPSA) is 115 Å². The number of nitrogens with zero attached hydrogens (tertiary/aromatic N) is 2. The Hall–Kier alpha value is -2.29. The summed E-state index contributed by atoms with van der Waals surface area (Å²) in [5, 5.41) is 8.72. The van der Waals surface area contributed by atoms with Gasteiger partial charge in [0, 0.05) is 23.5 Å². The van der Waals surface area contributed by atoms with Crippen LogP contribution in [-0.2, 0) is 10.0 Å². The average Bonchev–Trinajstić information content (AvgIpc) is 2.47. The summed E-state index contributed by atoms with van der Waals surface area (Å²) in [6, 6.07) is 7.21. The molecule has 0 spiro atoms. The molecule has 22 heavy (non-hydrogen) atoms. The van der Waals surface area contributed by atoms with Crippen molar-refractivity contribution in [3.8, 4) is 0 Å². The first-order valence-corrected chi connectivity index (χ1v) is 7.86. The summed E-state index contributed by atoms with van der Waals surface area (Å²) >= 11 is 5.74. The molecule has 0 bridgehead atoms. The number of sulfonamides is 1. The zero-order chi connectivity index (χ0) is 16.2. The first-order valence-electron chi connectivity index (χ1n) is 5.94. The minimum absolute atomic E-state index is 0.0575. The third kappa shape index (κ3) is 4.10. The quantitative estimate of drug-likeness (QED) is 0.642. The molecular formula is C13H11ClN4O3S. The van der Waals surface area contributed by atoms with E-state index in [1.54, 1.807) is 24.5 Å². The second-order valence-electron chi connectivity index (χ2n) is 4.18. The molecule has 0 saturated heterocycles. The highest BCUT2D eigenvalue weighted by Gasteiger charge is 2.16. The van der Waals surface area contributed by atoms with Gasteiger partial charge in [0.15, 0.2) is 0 Å². The SMILES string of the molecule is NS(=O)(=O)c1cc(C(=O)N/N=C\c2cccnc2)ccc1Cl. The summed E-state index contributed by atoms with van der Waals surface area (Å²) in [5.41, 5.74) is 3.03. The normalized spacial score (nSPS) is 11.5. The van der Waals surface area contributed by atoms with Gasteiger partial charge in [-0.25, -0.2) is 19.0 Å². The summed E-state index contributed by atoms with van der Waals surface area (Å²) < 4.78 is 22.7. The fraction of sp³-hybridized carbons (Fsp3) is 0. The molecule has 2 aromatic rings. The molecule has 1 amide bonds. The molecular weight excluding hydrogens is 328 g/mol. The summed E-state index contributed by atoms with van der Waals surface area (Å²) in [6.07, 6.45) is 4.58. The summed E-state index contributed by atoms with van der Waals surface area (Å²) in [6.45, 7) is 0. The van der Waals surface area contributed by atoms with Crippen molar-refractivity contribution in [3.05, 3.63) is 58.9 Å². The highest BCUT2D eigenvalue weighted by molar-refractivity contribution is 7.89. The lowest BCUT2D eigenvalue weighted by Gasteiger charge is -2.04. The van der Waals surface area contributed by atoms with Crippen LogP contribution in [0.5, 0.6) is 0 Å². The Kier molecular flexibility index (Phi) is 4.86. The van der Waals surface area contributed by atoms with Gasteiger partial charge in [0.2, 0.25) is 10.0 Å². The average molecular weight is 339 g/mol. The predicted octanol–water partition coefficient (Wildman–Crippen LogP) is 1.15. The van der Waals surface area contributed by atoms with Gasteiger partial charge in [-0.3, -0.25) is 9.78 Å². The van der Waals surface area contributed by atoms with Crippen molar-refractivity contribution >= 4 is 33.7 Å². The molecule has 2 rings (SSSR count). The summed E-state index contributed by atoms with van der Waals surface area (Å²) in [7, 11) is -4.01. The van der Waals surface area contributed by atoms with E-state index in [0.29, 0.717) is 5.56 Å². The number of nitrogens with two attached hydrogens (primary N) is 1. The highest BCUT2D eigenvalue weighted by atomic mass is 35.5.